The molecule has 0 fully saturated rings. The maximum atomic E-state index is 11.7. The number of carboxylic acid groups (broad SMARTS) is 1. The molecule has 3 heteroatoms. The van der Waals surface area contributed by atoms with Gasteiger partial charge in [-0.15, -0.1) is 0 Å². The van der Waals surface area contributed by atoms with Gasteiger partial charge in [0.2, 0.25) is 0 Å². The topological polar surface area (TPSA) is 54.4 Å². The summed E-state index contributed by atoms with van der Waals surface area (Å²) in [6, 6.07) is 7.63. The second-order valence-corrected chi connectivity index (χ2v) is 4.57. The van der Waals surface area contributed by atoms with Crippen molar-refractivity contribution in [2.45, 2.75) is 26.2 Å². The van der Waals surface area contributed by atoms with Gasteiger partial charge in [-0.2, -0.15) is 0 Å². The van der Waals surface area contributed by atoms with E-state index in [1.165, 1.54) is 0 Å². The fourth-order valence-electron chi connectivity index (χ4n) is 1.83. The second kappa shape index (κ2) is 6.74. The lowest BCUT2D eigenvalue weighted by atomic mass is 9.97. The van der Waals surface area contributed by atoms with Crippen LogP contribution in [0.2, 0.25) is 0 Å². The number of carbonyl (C=O) groups excluding carboxylic acids is 1. The number of rotatable bonds is 7. The Morgan fingerprint density at radius 3 is 2.39 bits per heavy atom. The fourth-order valence-corrected chi connectivity index (χ4v) is 1.83. The van der Waals surface area contributed by atoms with Gasteiger partial charge in [-0.3, -0.25) is 9.59 Å². The van der Waals surface area contributed by atoms with Gasteiger partial charge in [0.1, 0.15) is 5.78 Å². The van der Waals surface area contributed by atoms with Gasteiger partial charge in [0.25, 0.3) is 0 Å². The maximum absolute atomic E-state index is 11.7. The van der Waals surface area contributed by atoms with E-state index in [-0.39, 0.29) is 18.1 Å². The van der Waals surface area contributed by atoms with Crippen LogP contribution in [0.5, 0.6) is 0 Å². The van der Waals surface area contributed by atoms with Gasteiger partial charge in [-0.25, -0.2) is 0 Å². The number of hydrogen-bond donors (Lipinski definition) is 1. The van der Waals surface area contributed by atoms with E-state index >= 15 is 0 Å². The van der Waals surface area contributed by atoms with Crippen molar-refractivity contribution in [3.05, 3.63) is 42.0 Å². The number of carboxylic acids is 1. The van der Waals surface area contributed by atoms with Gasteiger partial charge in [0.15, 0.2) is 0 Å². The van der Waals surface area contributed by atoms with Gasteiger partial charge in [0.05, 0.1) is 0 Å². The standard InChI is InChI=1S/C15H18O3/c1-3-12-4-6-13(7-5-12)10-14(16)8-11(2)9-15(17)18/h3-7,11H,1,8-10H2,2H3,(H,17,18). The molecule has 1 rings (SSSR count). The zero-order chi connectivity index (χ0) is 13.5. The summed E-state index contributed by atoms with van der Waals surface area (Å²) in [5.41, 5.74) is 1.97. The molecule has 0 radical (unpaired) electrons. The van der Waals surface area contributed by atoms with E-state index in [1.54, 1.807) is 13.0 Å². The predicted molar refractivity (Wildman–Crippen MR) is 71.3 cm³/mol. The summed E-state index contributed by atoms with van der Waals surface area (Å²) in [6.45, 7) is 5.45. The maximum Gasteiger partial charge on any atom is 0.303 e. The van der Waals surface area contributed by atoms with E-state index in [1.807, 2.05) is 24.3 Å². The Morgan fingerprint density at radius 1 is 1.28 bits per heavy atom. The van der Waals surface area contributed by atoms with Crippen LogP contribution in [-0.2, 0) is 16.0 Å². The molecule has 0 spiro atoms. The Labute approximate surface area is 107 Å². The molecule has 3 nitrogen and oxygen atoms in total. The number of benzene rings is 1. The summed E-state index contributed by atoms with van der Waals surface area (Å²) < 4.78 is 0. The Hall–Kier alpha value is -1.90. The molecule has 1 unspecified atom stereocenters. The van der Waals surface area contributed by atoms with Gasteiger partial charge in [-0.05, 0) is 17.0 Å². The number of aliphatic carboxylic acids is 1. The van der Waals surface area contributed by atoms with Crippen molar-refractivity contribution in [1.29, 1.82) is 0 Å². The van der Waals surface area contributed by atoms with Crippen molar-refractivity contribution < 1.29 is 14.7 Å². The normalized spacial score (nSPS) is 11.8. The molecule has 0 aliphatic rings. The molecule has 0 amide bonds. The van der Waals surface area contributed by atoms with Crippen LogP contribution in [0.3, 0.4) is 0 Å². The molecule has 1 N–H and O–H groups in total. The molecule has 0 heterocycles. The van der Waals surface area contributed by atoms with Crippen LogP contribution < -0.4 is 0 Å². The van der Waals surface area contributed by atoms with Crippen LogP contribution in [-0.4, -0.2) is 16.9 Å². The summed E-state index contributed by atoms with van der Waals surface area (Å²) in [5, 5.41) is 8.62. The van der Waals surface area contributed by atoms with Gasteiger partial charge in [-0.1, -0.05) is 43.8 Å². The summed E-state index contributed by atoms with van der Waals surface area (Å²) in [6.07, 6.45) is 2.47. The molecule has 1 aromatic carbocycles. The van der Waals surface area contributed by atoms with E-state index in [9.17, 15) is 9.59 Å². The molecule has 0 saturated heterocycles. The number of ketones is 1. The molecule has 96 valence electrons. The van der Waals surface area contributed by atoms with Crippen molar-refractivity contribution in [1.82, 2.24) is 0 Å². The quantitative estimate of drug-likeness (QED) is 0.804. The van der Waals surface area contributed by atoms with Crippen molar-refractivity contribution >= 4 is 17.8 Å². The minimum absolute atomic E-state index is 0.0428. The van der Waals surface area contributed by atoms with Crippen LogP contribution >= 0.6 is 0 Å². The first-order chi connectivity index (χ1) is 8.51. The first kappa shape index (κ1) is 14.2. The zero-order valence-corrected chi connectivity index (χ0v) is 10.6. The third-order valence-corrected chi connectivity index (χ3v) is 2.72. The average molecular weight is 246 g/mol. The molecule has 0 bridgehead atoms. The highest BCUT2D eigenvalue weighted by Crippen LogP contribution is 2.12. The predicted octanol–water partition coefficient (Wildman–Crippen LogP) is 2.94. The van der Waals surface area contributed by atoms with Crippen LogP contribution in [0.4, 0.5) is 0 Å². The minimum atomic E-state index is -0.856. The monoisotopic (exact) mass is 246 g/mol. The lowest BCUT2D eigenvalue weighted by molar-refractivity contribution is -0.138. The Bertz CT molecular complexity index is 432. The van der Waals surface area contributed by atoms with Crippen molar-refractivity contribution in [2.24, 2.45) is 5.92 Å². The summed E-state index contributed by atoms with van der Waals surface area (Å²) in [7, 11) is 0. The lowest BCUT2D eigenvalue weighted by Gasteiger charge is -2.07. The van der Waals surface area contributed by atoms with Gasteiger partial charge >= 0.3 is 5.97 Å². The van der Waals surface area contributed by atoms with E-state index < -0.39 is 5.97 Å². The minimum Gasteiger partial charge on any atom is -0.481 e. The highest BCUT2D eigenvalue weighted by Gasteiger charge is 2.12. The molecular weight excluding hydrogens is 228 g/mol. The summed E-state index contributed by atoms with van der Waals surface area (Å²) >= 11 is 0. The molecule has 18 heavy (non-hydrogen) atoms. The SMILES string of the molecule is C=Cc1ccc(CC(=O)CC(C)CC(=O)O)cc1. The van der Waals surface area contributed by atoms with Crippen LogP contribution in [0.1, 0.15) is 30.9 Å². The Kier molecular flexibility index (Phi) is 5.31. The highest BCUT2D eigenvalue weighted by atomic mass is 16.4. The molecule has 0 aliphatic carbocycles. The molecule has 0 aliphatic heterocycles. The number of hydrogen-bond acceptors (Lipinski definition) is 2. The first-order valence-corrected chi connectivity index (χ1v) is 5.96. The van der Waals surface area contributed by atoms with Crippen LogP contribution in [0.25, 0.3) is 6.08 Å². The first-order valence-electron chi connectivity index (χ1n) is 5.96. The smallest absolute Gasteiger partial charge is 0.303 e. The lowest BCUT2D eigenvalue weighted by Crippen LogP contribution is -2.11. The molecule has 1 atom stereocenters. The van der Waals surface area contributed by atoms with Gasteiger partial charge < -0.3 is 5.11 Å². The fraction of sp³-hybridized carbons (Fsp3) is 0.333. The number of Topliss-reactive ketones (excluding diaryl/α,β-unsaturated/α-hetero) is 1. The number of carbonyl (C=O) groups is 2. The molecular formula is C15H18O3. The summed E-state index contributed by atoms with van der Waals surface area (Å²) in [4.78, 5) is 22.2. The summed E-state index contributed by atoms with van der Waals surface area (Å²) in [5.74, 6) is -0.886. The van der Waals surface area contributed by atoms with Crippen molar-refractivity contribution in [3.63, 3.8) is 0 Å². The zero-order valence-electron chi connectivity index (χ0n) is 10.6. The largest absolute Gasteiger partial charge is 0.481 e. The Morgan fingerprint density at radius 2 is 1.89 bits per heavy atom. The van der Waals surface area contributed by atoms with E-state index in [4.69, 9.17) is 5.11 Å². The van der Waals surface area contributed by atoms with Crippen LogP contribution in [0.15, 0.2) is 30.8 Å². The van der Waals surface area contributed by atoms with E-state index in [0.29, 0.717) is 12.8 Å². The third-order valence-electron chi connectivity index (χ3n) is 2.72. The molecule has 0 saturated carbocycles. The Balaban J connectivity index is 2.48. The highest BCUT2D eigenvalue weighted by molar-refractivity contribution is 5.81. The molecule has 0 aromatic heterocycles. The van der Waals surface area contributed by atoms with Crippen molar-refractivity contribution in [3.8, 4) is 0 Å². The van der Waals surface area contributed by atoms with E-state index in [0.717, 1.165) is 11.1 Å². The van der Waals surface area contributed by atoms with E-state index in [2.05, 4.69) is 6.58 Å². The van der Waals surface area contributed by atoms with Gasteiger partial charge in [0, 0.05) is 19.3 Å². The van der Waals surface area contributed by atoms with Crippen molar-refractivity contribution in [2.75, 3.05) is 0 Å². The third kappa shape index (κ3) is 4.95. The second-order valence-electron chi connectivity index (χ2n) is 4.57. The molecule has 1 aromatic rings. The van der Waals surface area contributed by atoms with Crippen LogP contribution in [0, 0.1) is 5.92 Å². The average Bonchev–Trinajstić information content (AvgIpc) is 2.28.